The SMILES string of the molecule is CCN(CCCC(C)(C)CC(=O)O)c1cc2c(cc1CN(Cc1cc(C(F)(F)F)cc(C(F)(F)F)c1)c1nnn(C)n1)CCC2. The minimum Gasteiger partial charge on any atom is -0.481 e. The third kappa shape index (κ3) is 8.88. The number of fused-ring (bicyclic) bond motifs is 1. The highest BCUT2D eigenvalue weighted by Crippen LogP contribution is 2.38. The molecule has 1 heterocycles. The first-order valence-electron chi connectivity index (χ1n) is 14.8. The van der Waals surface area contributed by atoms with Gasteiger partial charge in [-0.25, -0.2) is 0 Å². The standard InChI is InChI=1S/C31H38F6N6O2/c1-5-42(11-7-10-29(2,3)17-27(44)45)26-15-22-9-6-8-21(22)14-23(26)19-43(28-38-40-41(4)39-28)18-20-12-24(30(32,33)34)16-25(13-20)31(35,36)37/h12-16H,5-11,17-19H2,1-4H3,(H,44,45). The molecule has 14 heteroatoms. The number of carbonyl (C=O) groups is 1. The van der Waals surface area contributed by atoms with Crippen LogP contribution >= 0.6 is 0 Å². The van der Waals surface area contributed by atoms with Crippen molar-refractivity contribution in [2.45, 2.75) is 84.7 Å². The zero-order valence-corrected chi connectivity index (χ0v) is 25.8. The van der Waals surface area contributed by atoms with Gasteiger partial charge in [-0.05, 0) is 96.2 Å². The fourth-order valence-corrected chi connectivity index (χ4v) is 5.91. The fourth-order valence-electron chi connectivity index (χ4n) is 5.91. The number of hydrogen-bond acceptors (Lipinski definition) is 6. The van der Waals surface area contributed by atoms with Crippen molar-refractivity contribution in [1.29, 1.82) is 0 Å². The molecular formula is C31H38F6N6O2. The van der Waals surface area contributed by atoms with E-state index in [1.807, 2.05) is 20.8 Å². The molecule has 0 amide bonds. The van der Waals surface area contributed by atoms with E-state index in [-0.39, 0.29) is 42.5 Å². The average molecular weight is 641 g/mol. The number of tetrazole rings is 1. The highest BCUT2D eigenvalue weighted by molar-refractivity contribution is 5.67. The summed E-state index contributed by atoms with van der Waals surface area (Å²) >= 11 is 0. The van der Waals surface area contributed by atoms with Gasteiger partial charge in [0.05, 0.1) is 24.6 Å². The van der Waals surface area contributed by atoms with Crippen molar-refractivity contribution in [2.24, 2.45) is 12.5 Å². The lowest BCUT2D eigenvalue weighted by molar-refractivity contribution is -0.143. The van der Waals surface area contributed by atoms with Gasteiger partial charge in [-0.1, -0.05) is 25.0 Å². The van der Waals surface area contributed by atoms with E-state index in [0.717, 1.165) is 54.6 Å². The third-order valence-electron chi connectivity index (χ3n) is 8.09. The molecule has 8 nitrogen and oxygen atoms in total. The van der Waals surface area contributed by atoms with Crippen LogP contribution in [0.3, 0.4) is 0 Å². The zero-order chi connectivity index (χ0) is 33.2. The lowest BCUT2D eigenvalue weighted by atomic mass is 9.84. The molecule has 2 aromatic carbocycles. The van der Waals surface area contributed by atoms with Crippen molar-refractivity contribution < 1.29 is 36.2 Å². The van der Waals surface area contributed by atoms with Gasteiger partial charge in [0.1, 0.15) is 0 Å². The summed E-state index contributed by atoms with van der Waals surface area (Å²) in [6, 6.07) is 5.74. The smallest absolute Gasteiger partial charge is 0.416 e. The molecule has 45 heavy (non-hydrogen) atoms. The summed E-state index contributed by atoms with van der Waals surface area (Å²) < 4.78 is 81.8. The number of hydrogen-bond donors (Lipinski definition) is 1. The third-order valence-corrected chi connectivity index (χ3v) is 8.09. The molecule has 3 aromatic rings. The second-order valence-electron chi connectivity index (χ2n) is 12.4. The first kappa shape index (κ1) is 34.0. The van der Waals surface area contributed by atoms with E-state index in [1.165, 1.54) is 22.3 Å². The Bertz CT molecular complexity index is 1470. The molecule has 0 atom stereocenters. The number of carboxylic acid groups (broad SMARTS) is 1. The first-order valence-corrected chi connectivity index (χ1v) is 14.8. The fraction of sp³-hybridized carbons (Fsp3) is 0.548. The van der Waals surface area contributed by atoms with E-state index >= 15 is 0 Å². The number of benzene rings is 2. The molecule has 0 bridgehead atoms. The molecule has 246 valence electrons. The predicted molar refractivity (Wildman–Crippen MR) is 157 cm³/mol. The highest BCUT2D eigenvalue weighted by atomic mass is 19.4. The van der Waals surface area contributed by atoms with Gasteiger partial charge >= 0.3 is 18.3 Å². The lowest BCUT2D eigenvalue weighted by Crippen LogP contribution is -2.29. The summed E-state index contributed by atoms with van der Waals surface area (Å²) in [4.78, 5) is 16.2. The molecule has 0 fully saturated rings. The molecule has 0 saturated carbocycles. The van der Waals surface area contributed by atoms with Crippen molar-refractivity contribution in [1.82, 2.24) is 20.2 Å². The van der Waals surface area contributed by atoms with Crippen LogP contribution in [-0.4, -0.2) is 44.4 Å². The van der Waals surface area contributed by atoms with Crippen LogP contribution in [0.5, 0.6) is 0 Å². The predicted octanol–water partition coefficient (Wildman–Crippen LogP) is 7.05. The largest absolute Gasteiger partial charge is 0.481 e. The molecule has 0 unspecified atom stereocenters. The monoisotopic (exact) mass is 640 g/mol. The summed E-state index contributed by atoms with van der Waals surface area (Å²) in [6.45, 7) is 6.89. The number of aryl methyl sites for hydroxylation is 3. The van der Waals surface area contributed by atoms with Gasteiger partial charge in [-0.3, -0.25) is 4.79 Å². The van der Waals surface area contributed by atoms with Crippen molar-refractivity contribution in [3.8, 4) is 0 Å². The minimum atomic E-state index is -4.97. The van der Waals surface area contributed by atoms with Crippen LogP contribution in [0.25, 0.3) is 0 Å². The van der Waals surface area contributed by atoms with Crippen LogP contribution in [-0.2, 0) is 50.1 Å². The quantitative estimate of drug-likeness (QED) is 0.200. The van der Waals surface area contributed by atoms with Crippen molar-refractivity contribution >= 4 is 17.6 Å². The summed E-state index contributed by atoms with van der Waals surface area (Å²) in [5, 5.41) is 21.4. The summed E-state index contributed by atoms with van der Waals surface area (Å²) in [5.74, 6) is -0.789. The van der Waals surface area contributed by atoms with Crippen LogP contribution in [0, 0.1) is 5.41 Å². The molecule has 0 aliphatic heterocycles. The van der Waals surface area contributed by atoms with Crippen molar-refractivity contribution in [3.05, 3.63) is 63.7 Å². The number of rotatable bonds is 13. The summed E-state index contributed by atoms with van der Waals surface area (Å²) in [7, 11) is 1.52. The van der Waals surface area contributed by atoms with Gasteiger partial charge in [-0.2, -0.15) is 31.1 Å². The maximum absolute atomic E-state index is 13.6. The number of anilines is 2. The van der Waals surface area contributed by atoms with E-state index in [2.05, 4.69) is 32.4 Å². The van der Waals surface area contributed by atoms with Crippen LogP contribution in [0.4, 0.5) is 38.0 Å². The molecule has 0 spiro atoms. The van der Waals surface area contributed by atoms with Crippen LogP contribution in [0.1, 0.15) is 79.8 Å². The Balaban J connectivity index is 1.70. The Morgan fingerprint density at radius 1 is 0.933 bits per heavy atom. The number of aliphatic carboxylic acids is 1. The van der Waals surface area contributed by atoms with E-state index in [0.29, 0.717) is 19.5 Å². The van der Waals surface area contributed by atoms with Crippen LogP contribution < -0.4 is 9.80 Å². The van der Waals surface area contributed by atoms with Gasteiger partial charge in [0.15, 0.2) is 0 Å². The molecule has 1 aromatic heterocycles. The van der Waals surface area contributed by atoms with Crippen molar-refractivity contribution in [2.75, 3.05) is 22.9 Å². The number of aromatic nitrogens is 4. The molecule has 4 rings (SSSR count). The van der Waals surface area contributed by atoms with Gasteiger partial charge in [-0.15, -0.1) is 5.10 Å². The van der Waals surface area contributed by atoms with Crippen LogP contribution in [0.2, 0.25) is 0 Å². The maximum Gasteiger partial charge on any atom is 0.416 e. The van der Waals surface area contributed by atoms with E-state index in [9.17, 15) is 36.2 Å². The molecule has 1 aliphatic carbocycles. The number of alkyl halides is 6. The molecule has 1 aliphatic rings. The average Bonchev–Trinajstić information content (AvgIpc) is 3.57. The highest BCUT2D eigenvalue weighted by Gasteiger charge is 2.37. The van der Waals surface area contributed by atoms with Gasteiger partial charge in [0, 0.05) is 31.9 Å². The first-order chi connectivity index (χ1) is 20.9. The second-order valence-corrected chi connectivity index (χ2v) is 12.4. The molecule has 0 saturated heterocycles. The van der Waals surface area contributed by atoms with E-state index < -0.39 is 29.4 Å². The Morgan fingerprint density at radius 2 is 1.56 bits per heavy atom. The Kier molecular flexibility index (Phi) is 10.0. The molecular weight excluding hydrogens is 602 g/mol. The van der Waals surface area contributed by atoms with Gasteiger partial charge in [0.25, 0.3) is 5.95 Å². The van der Waals surface area contributed by atoms with Gasteiger partial charge in [0.2, 0.25) is 0 Å². The second kappa shape index (κ2) is 13.3. The minimum absolute atomic E-state index is 0.0505. The lowest BCUT2D eigenvalue weighted by Gasteiger charge is -2.31. The maximum atomic E-state index is 13.6. The summed E-state index contributed by atoms with van der Waals surface area (Å²) in [5.41, 5.74) is 0.733. The molecule has 1 N–H and O–H groups in total. The Morgan fingerprint density at radius 3 is 2.09 bits per heavy atom. The van der Waals surface area contributed by atoms with E-state index in [1.54, 1.807) is 0 Å². The van der Waals surface area contributed by atoms with E-state index in [4.69, 9.17) is 0 Å². The van der Waals surface area contributed by atoms with Gasteiger partial charge < -0.3 is 14.9 Å². The Hall–Kier alpha value is -3.84. The van der Waals surface area contributed by atoms with Crippen molar-refractivity contribution in [3.63, 3.8) is 0 Å². The van der Waals surface area contributed by atoms with Crippen LogP contribution in [0.15, 0.2) is 30.3 Å². The number of nitrogens with zero attached hydrogens (tertiary/aromatic N) is 6. The number of halogens is 6. The Labute approximate surface area is 258 Å². The summed E-state index contributed by atoms with van der Waals surface area (Å²) in [6.07, 6.45) is -5.73. The normalized spacial score (nSPS) is 13.6. The molecule has 0 radical (unpaired) electrons. The number of carboxylic acids is 1. The topological polar surface area (TPSA) is 87.4 Å². The zero-order valence-electron chi connectivity index (χ0n) is 25.8.